The highest BCUT2D eigenvalue weighted by Gasteiger charge is 2.28. The van der Waals surface area contributed by atoms with Crippen LogP contribution in [0.3, 0.4) is 0 Å². The van der Waals surface area contributed by atoms with E-state index in [1.165, 1.54) is 19.3 Å². The number of nitrogens with two attached hydrogens (primary N) is 1. The Hall–Kier alpha value is -0.0400. The second kappa shape index (κ2) is 4.27. The van der Waals surface area contributed by atoms with Gasteiger partial charge in [-0.05, 0) is 30.2 Å². The van der Waals surface area contributed by atoms with Gasteiger partial charge in [0, 0.05) is 0 Å². The average Bonchev–Trinajstić information content (AvgIpc) is 2.04. The van der Waals surface area contributed by atoms with Crippen LogP contribution in [-0.4, -0.2) is 6.54 Å². The minimum atomic E-state index is 0.347. The van der Waals surface area contributed by atoms with Crippen molar-refractivity contribution in [2.24, 2.45) is 16.6 Å². The highest BCUT2D eigenvalue weighted by atomic mass is 14.6. The van der Waals surface area contributed by atoms with Gasteiger partial charge < -0.3 is 5.73 Å². The van der Waals surface area contributed by atoms with Gasteiger partial charge in [-0.2, -0.15) is 0 Å². The third-order valence-corrected chi connectivity index (χ3v) is 3.21. The van der Waals surface area contributed by atoms with Crippen molar-refractivity contribution in [1.29, 1.82) is 0 Å². The van der Waals surface area contributed by atoms with Crippen LogP contribution in [0.2, 0.25) is 0 Å². The molecule has 0 aliphatic carbocycles. The molecule has 0 rings (SSSR count). The van der Waals surface area contributed by atoms with Crippen LogP contribution >= 0.6 is 0 Å². The van der Waals surface area contributed by atoms with E-state index in [0.717, 1.165) is 6.54 Å². The first-order chi connectivity index (χ1) is 5.39. The highest BCUT2D eigenvalue weighted by Crippen LogP contribution is 2.37. The van der Waals surface area contributed by atoms with Crippen molar-refractivity contribution in [2.75, 3.05) is 6.54 Å². The lowest BCUT2D eigenvalue weighted by molar-refractivity contribution is 0.171. The van der Waals surface area contributed by atoms with Gasteiger partial charge in [-0.1, -0.05) is 41.0 Å². The molecule has 0 heterocycles. The predicted octanol–water partition coefficient (Wildman–Crippen LogP) is 3.19. The summed E-state index contributed by atoms with van der Waals surface area (Å²) in [6.45, 7) is 12.3. The van der Waals surface area contributed by atoms with E-state index in [2.05, 4.69) is 34.6 Å². The summed E-state index contributed by atoms with van der Waals surface area (Å²) in [5.41, 5.74) is 6.57. The first kappa shape index (κ1) is 12.0. The molecule has 0 aromatic carbocycles. The van der Waals surface area contributed by atoms with Crippen molar-refractivity contribution in [1.82, 2.24) is 0 Å². The summed E-state index contributed by atoms with van der Waals surface area (Å²) in [6.07, 6.45) is 3.67. The van der Waals surface area contributed by atoms with E-state index in [1.54, 1.807) is 0 Å². The summed E-state index contributed by atoms with van der Waals surface area (Å²) < 4.78 is 0. The van der Waals surface area contributed by atoms with Crippen LogP contribution in [0.4, 0.5) is 0 Å². The summed E-state index contributed by atoms with van der Waals surface area (Å²) in [7, 11) is 0. The summed E-state index contributed by atoms with van der Waals surface area (Å²) in [4.78, 5) is 0. The van der Waals surface area contributed by atoms with Gasteiger partial charge in [0.05, 0.1) is 0 Å². The fourth-order valence-corrected chi connectivity index (χ4v) is 1.62. The van der Waals surface area contributed by atoms with Crippen LogP contribution in [-0.2, 0) is 0 Å². The van der Waals surface area contributed by atoms with Crippen molar-refractivity contribution >= 4 is 0 Å². The smallest absolute Gasteiger partial charge is 0.00231 e. The maximum Gasteiger partial charge on any atom is -0.00231 e. The van der Waals surface area contributed by atoms with Crippen molar-refractivity contribution in [3.8, 4) is 0 Å². The molecule has 0 aromatic heterocycles. The van der Waals surface area contributed by atoms with Crippen LogP contribution in [0.5, 0.6) is 0 Å². The van der Waals surface area contributed by atoms with E-state index >= 15 is 0 Å². The van der Waals surface area contributed by atoms with Gasteiger partial charge in [0.15, 0.2) is 0 Å². The highest BCUT2D eigenvalue weighted by molar-refractivity contribution is 4.81. The summed E-state index contributed by atoms with van der Waals surface area (Å²) in [5, 5.41) is 0. The van der Waals surface area contributed by atoms with Crippen LogP contribution in [0.1, 0.15) is 53.9 Å². The Bertz CT molecular complexity index is 123. The van der Waals surface area contributed by atoms with E-state index in [-0.39, 0.29) is 0 Å². The van der Waals surface area contributed by atoms with Crippen LogP contribution in [0, 0.1) is 10.8 Å². The van der Waals surface area contributed by atoms with E-state index in [4.69, 9.17) is 5.73 Å². The molecule has 0 aliphatic heterocycles. The molecule has 0 saturated carbocycles. The van der Waals surface area contributed by atoms with Gasteiger partial charge in [-0.15, -0.1) is 0 Å². The minimum Gasteiger partial charge on any atom is -0.330 e. The first-order valence-electron chi connectivity index (χ1n) is 5.09. The molecule has 0 fully saturated rings. The van der Waals surface area contributed by atoms with Crippen LogP contribution < -0.4 is 5.73 Å². The molecule has 1 heteroatoms. The maximum atomic E-state index is 5.78. The molecular formula is C11H25N. The standard InChI is InChI=1S/C11H25N/c1-6-10(3,4)8-11(5,7-2)9-12/h6-9,12H2,1-5H3. The van der Waals surface area contributed by atoms with Gasteiger partial charge in [-0.25, -0.2) is 0 Å². The summed E-state index contributed by atoms with van der Waals surface area (Å²) >= 11 is 0. The maximum absolute atomic E-state index is 5.78. The zero-order valence-electron chi connectivity index (χ0n) is 9.41. The van der Waals surface area contributed by atoms with Crippen LogP contribution in [0.25, 0.3) is 0 Å². The molecule has 1 unspecified atom stereocenters. The van der Waals surface area contributed by atoms with Gasteiger partial charge in [0.25, 0.3) is 0 Å². The molecule has 0 bridgehead atoms. The second-order valence-corrected chi connectivity index (χ2v) is 5.06. The zero-order chi connectivity index (χ0) is 9.83. The molecule has 0 spiro atoms. The molecule has 0 aromatic rings. The second-order valence-electron chi connectivity index (χ2n) is 5.06. The Labute approximate surface area is 77.7 Å². The molecule has 1 atom stereocenters. The van der Waals surface area contributed by atoms with Crippen molar-refractivity contribution in [3.05, 3.63) is 0 Å². The SMILES string of the molecule is CCC(C)(C)CC(C)(CC)CN. The quantitative estimate of drug-likeness (QED) is 0.675. The lowest BCUT2D eigenvalue weighted by Crippen LogP contribution is -2.31. The Morgan fingerprint density at radius 2 is 1.50 bits per heavy atom. The molecule has 2 N–H and O–H groups in total. The summed E-state index contributed by atoms with van der Waals surface area (Å²) in [6, 6.07) is 0. The van der Waals surface area contributed by atoms with E-state index < -0.39 is 0 Å². The Balaban J connectivity index is 4.20. The topological polar surface area (TPSA) is 26.0 Å². The third-order valence-electron chi connectivity index (χ3n) is 3.21. The number of hydrogen-bond acceptors (Lipinski definition) is 1. The molecule has 0 saturated heterocycles. The Morgan fingerprint density at radius 3 is 1.75 bits per heavy atom. The average molecular weight is 171 g/mol. The molecule has 0 aliphatic rings. The number of rotatable bonds is 5. The minimum absolute atomic E-state index is 0.347. The fraction of sp³-hybridized carbons (Fsp3) is 1.00. The Kier molecular flexibility index (Phi) is 4.25. The predicted molar refractivity (Wildman–Crippen MR) is 56.1 cm³/mol. The van der Waals surface area contributed by atoms with Crippen molar-refractivity contribution in [3.63, 3.8) is 0 Å². The molecule has 74 valence electrons. The van der Waals surface area contributed by atoms with Gasteiger partial charge in [-0.3, -0.25) is 0 Å². The Morgan fingerprint density at radius 1 is 1.00 bits per heavy atom. The third kappa shape index (κ3) is 3.57. The van der Waals surface area contributed by atoms with E-state index in [0.29, 0.717) is 10.8 Å². The lowest BCUT2D eigenvalue weighted by Gasteiger charge is -2.35. The van der Waals surface area contributed by atoms with Gasteiger partial charge in [0.2, 0.25) is 0 Å². The molecule has 1 nitrogen and oxygen atoms in total. The largest absolute Gasteiger partial charge is 0.330 e. The number of hydrogen-bond donors (Lipinski definition) is 1. The van der Waals surface area contributed by atoms with Gasteiger partial charge in [0.1, 0.15) is 0 Å². The monoisotopic (exact) mass is 171 g/mol. The van der Waals surface area contributed by atoms with Crippen molar-refractivity contribution < 1.29 is 0 Å². The molecule has 12 heavy (non-hydrogen) atoms. The van der Waals surface area contributed by atoms with Crippen LogP contribution in [0.15, 0.2) is 0 Å². The van der Waals surface area contributed by atoms with Crippen molar-refractivity contribution in [2.45, 2.75) is 53.9 Å². The lowest BCUT2D eigenvalue weighted by atomic mass is 9.71. The molecule has 0 radical (unpaired) electrons. The van der Waals surface area contributed by atoms with E-state index in [9.17, 15) is 0 Å². The van der Waals surface area contributed by atoms with E-state index in [1.807, 2.05) is 0 Å². The zero-order valence-corrected chi connectivity index (χ0v) is 9.41. The fourth-order valence-electron chi connectivity index (χ4n) is 1.62. The molecule has 0 amide bonds. The van der Waals surface area contributed by atoms with Gasteiger partial charge >= 0.3 is 0 Å². The first-order valence-corrected chi connectivity index (χ1v) is 5.09. The molecular weight excluding hydrogens is 146 g/mol. The normalized spacial score (nSPS) is 17.5. The summed E-state index contributed by atoms with van der Waals surface area (Å²) in [5.74, 6) is 0.